The van der Waals surface area contributed by atoms with E-state index in [1.165, 1.54) is 12.1 Å². The van der Waals surface area contributed by atoms with Crippen LogP contribution in [0.25, 0.3) is 0 Å². The van der Waals surface area contributed by atoms with Crippen molar-refractivity contribution in [1.29, 1.82) is 0 Å². The molecule has 0 spiro atoms. The largest absolute Gasteiger partial charge is 0.346 e. The van der Waals surface area contributed by atoms with E-state index in [4.69, 9.17) is 0 Å². The third kappa shape index (κ3) is 3.23. The van der Waals surface area contributed by atoms with Crippen molar-refractivity contribution in [3.05, 3.63) is 33.5 Å². The Balaban J connectivity index is 2.87. The summed E-state index contributed by atoms with van der Waals surface area (Å²) in [6.07, 6.45) is -2.65. The molecule has 0 fully saturated rings. The molecule has 0 saturated carbocycles. The number of alkyl halides is 2. The summed E-state index contributed by atoms with van der Waals surface area (Å²) in [5, 5.41) is 1.94. The lowest BCUT2D eigenvalue weighted by molar-refractivity contribution is 0.0887. The van der Waals surface area contributed by atoms with Gasteiger partial charge in [0, 0.05) is 4.47 Å². The second kappa shape index (κ2) is 5.34. The Bertz CT molecular complexity index is 409. The summed E-state index contributed by atoms with van der Waals surface area (Å²) in [7, 11) is 0. The first kappa shape index (κ1) is 13.0. The Morgan fingerprint density at radius 1 is 1.50 bits per heavy atom. The molecule has 0 saturated heterocycles. The number of carbonyl (C=O) groups excluding carboxylic acids is 1. The summed E-state index contributed by atoms with van der Waals surface area (Å²) < 4.78 is 37.6. The molecular weight excluding hydrogens is 287 g/mol. The number of hydrogen-bond acceptors (Lipinski definition) is 1. The zero-order chi connectivity index (χ0) is 12.3. The number of benzene rings is 1. The van der Waals surface area contributed by atoms with Crippen LogP contribution < -0.4 is 5.32 Å². The van der Waals surface area contributed by atoms with Crippen molar-refractivity contribution in [3.8, 4) is 0 Å². The van der Waals surface area contributed by atoms with Crippen molar-refractivity contribution in [2.24, 2.45) is 0 Å². The number of carbonyl (C=O) groups is 1. The fourth-order valence-corrected chi connectivity index (χ4v) is 1.43. The van der Waals surface area contributed by atoms with Crippen LogP contribution in [0, 0.1) is 12.7 Å². The highest BCUT2D eigenvalue weighted by Crippen LogP contribution is 2.20. The molecule has 0 aliphatic carbocycles. The van der Waals surface area contributed by atoms with Crippen molar-refractivity contribution in [2.45, 2.75) is 13.3 Å². The normalized spacial score (nSPS) is 10.6. The fourth-order valence-electron chi connectivity index (χ4n) is 1.09. The van der Waals surface area contributed by atoms with Crippen LogP contribution in [0.15, 0.2) is 16.6 Å². The van der Waals surface area contributed by atoms with Crippen molar-refractivity contribution in [1.82, 2.24) is 5.32 Å². The van der Waals surface area contributed by atoms with Crippen LogP contribution in [0.5, 0.6) is 0 Å². The van der Waals surface area contributed by atoms with Crippen molar-refractivity contribution in [2.75, 3.05) is 6.54 Å². The predicted octanol–water partition coefficient (Wildman–Crippen LogP) is 2.89. The van der Waals surface area contributed by atoms with Gasteiger partial charge in [0.05, 0.1) is 12.1 Å². The van der Waals surface area contributed by atoms with Gasteiger partial charge in [0.25, 0.3) is 12.3 Å². The fraction of sp³-hybridized carbons (Fsp3) is 0.300. The Hall–Kier alpha value is -1.04. The number of nitrogens with one attached hydrogen (secondary N) is 1. The van der Waals surface area contributed by atoms with Crippen molar-refractivity contribution < 1.29 is 18.0 Å². The van der Waals surface area contributed by atoms with Gasteiger partial charge in [-0.2, -0.15) is 0 Å². The maximum absolute atomic E-state index is 13.3. The molecule has 0 bridgehead atoms. The highest BCUT2D eigenvalue weighted by Gasteiger charge is 2.14. The lowest BCUT2D eigenvalue weighted by Gasteiger charge is -2.07. The van der Waals surface area contributed by atoms with E-state index in [9.17, 15) is 18.0 Å². The monoisotopic (exact) mass is 295 g/mol. The third-order valence-corrected chi connectivity index (χ3v) is 2.76. The highest BCUT2D eigenvalue weighted by molar-refractivity contribution is 9.10. The van der Waals surface area contributed by atoms with Gasteiger partial charge in [-0.15, -0.1) is 0 Å². The molecule has 6 heteroatoms. The summed E-state index contributed by atoms with van der Waals surface area (Å²) in [5.41, 5.74) is 0.376. The first-order valence-corrected chi connectivity index (χ1v) is 5.23. The topological polar surface area (TPSA) is 29.1 Å². The highest BCUT2D eigenvalue weighted by atomic mass is 79.9. The van der Waals surface area contributed by atoms with Gasteiger partial charge in [0.15, 0.2) is 0 Å². The van der Waals surface area contributed by atoms with Gasteiger partial charge in [-0.25, -0.2) is 13.2 Å². The summed E-state index contributed by atoms with van der Waals surface area (Å²) in [6, 6.07) is 2.44. The molecule has 1 aromatic rings. The average molecular weight is 296 g/mol. The minimum absolute atomic E-state index is 0.252. The molecule has 1 rings (SSSR count). The van der Waals surface area contributed by atoms with Gasteiger partial charge in [-0.3, -0.25) is 4.79 Å². The van der Waals surface area contributed by atoms with E-state index in [0.29, 0.717) is 10.0 Å². The predicted molar refractivity (Wildman–Crippen MR) is 57.2 cm³/mol. The Labute approximate surface area is 99.0 Å². The van der Waals surface area contributed by atoms with Crippen LogP contribution in [0.3, 0.4) is 0 Å². The summed E-state index contributed by atoms with van der Waals surface area (Å²) in [4.78, 5) is 11.3. The molecular formula is C10H9BrF3NO. The van der Waals surface area contributed by atoms with Crippen LogP contribution >= 0.6 is 15.9 Å². The van der Waals surface area contributed by atoms with Gasteiger partial charge < -0.3 is 5.32 Å². The number of halogens is 4. The van der Waals surface area contributed by atoms with Crippen LogP contribution in [-0.2, 0) is 0 Å². The standard InChI is InChI=1S/C10H9BrF3NO/c1-5-2-8(12)6(3-7(5)11)10(16)15-4-9(13)14/h2-3,9H,4H2,1H3,(H,15,16). The van der Waals surface area contributed by atoms with Gasteiger partial charge in [0.1, 0.15) is 5.82 Å². The summed E-state index contributed by atoms with van der Waals surface area (Å²) in [6.45, 7) is 0.873. The maximum Gasteiger partial charge on any atom is 0.255 e. The molecule has 0 radical (unpaired) electrons. The van der Waals surface area contributed by atoms with E-state index < -0.39 is 24.7 Å². The first-order chi connectivity index (χ1) is 7.41. The van der Waals surface area contributed by atoms with Crippen molar-refractivity contribution >= 4 is 21.8 Å². The van der Waals surface area contributed by atoms with E-state index in [-0.39, 0.29) is 5.56 Å². The Morgan fingerprint density at radius 2 is 2.12 bits per heavy atom. The second-order valence-corrected chi connectivity index (χ2v) is 4.04. The number of rotatable bonds is 3. The molecule has 0 aromatic heterocycles. The first-order valence-electron chi connectivity index (χ1n) is 4.44. The average Bonchev–Trinajstić information content (AvgIpc) is 2.20. The lowest BCUT2D eigenvalue weighted by Crippen LogP contribution is -2.29. The molecule has 0 aliphatic rings. The number of amides is 1. The zero-order valence-electron chi connectivity index (χ0n) is 8.36. The molecule has 1 amide bonds. The molecule has 0 atom stereocenters. The molecule has 2 nitrogen and oxygen atoms in total. The van der Waals surface area contributed by atoms with Crippen molar-refractivity contribution in [3.63, 3.8) is 0 Å². The summed E-state index contributed by atoms with van der Waals surface area (Å²) >= 11 is 3.13. The van der Waals surface area contributed by atoms with E-state index in [1.54, 1.807) is 6.92 Å². The van der Waals surface area contributed by atoms with Gasteiger partial charge in [0.2, 0.25) is 0 Å². The quantitative estimate of drug-likeness (QED) is 0.913. The molecule has 0 unspecified atom stereocenters. The van der Waals surface area contributed by atoms with Crippen LogP contribution in [0.1, 0.15) is 15.9 Å². The molecule has 0 heterocycles. The van der Waals surface area contributed by atoms with E-state index in [2.05, 4.69) is 15.9 Å². The van der Waals surface area contributed by atoms with Crippen LogP contribution in [0.2, 0.25) is 0 Å². The van der Waals surface area contributed by atoms with E-state index >= 15 is 0 Å². The summed E-state index contributed by atoms with van der Waals surface area (Å²) in [5.74, 6) is -1.58. The second-order valence-electron chi connectivity index (χ2n) is 3.18. The van der Waals surface area contributed by atoms with Crippen LogP contribution in [-0.4, -0.2) is 18.9 Å². The zero-order valence-corrected chi connectivity index (χ0v) is 9.95. The molecule has 0 aliphatic heterocycles. The van der Waals surface area contributed by atoms with E-state index in [1.807, 2.05) is 5.32 Å². The SMILES string of the molecule is Cc1cc(F)c(C(=O)NCC(F)F)cc1Br. The Morgan fingerprint density at radius 3 is 2.69 bits per heavy atom. The molecule has 1 N–H and O–H groups in total. The van der Waals surface area contributed by atoms with Gasteiger partial charge in [-0.1, -0.05) is 15.9 Å². The number of hydrogen-bond donors (Lipinski definition) is 1. The third-order valence-electron chi connectivity index (χ3n) is 1.91. The minimum Gasteiger partial charge on any atom is -0.346 e. The maximum atomic E-state index is 13.3. The van der Waals surface area contributed by atoms with Gasteiger partial charge >= 0.3 is 0 Å². The lowest BCUT2D eigenvalue weighted by atomic mass is 10.1. The number of aryl methyl sites for hydroxylation is 1. The Kier molecular flexibility index (Phi) is 4.35. The molecule has 1 aromatic carbocycles. The molecule has 88 valence electrons. The smallest absolute Gasteiger partial charge is 0.255 e. The molecule has 16 heavy (non-hydrogen) atoms. The van der Waals surface area contributed by atoms with Crippen LogP contribution in [0.4, 0.5) is 13.2 Å². The van der Waals surface area contributed by atoms with Gasteiger partial charge in [-0.05, 0) is 24.6 Å². The van der Waals surface area contributed by atoms with E-state index in [0.717, 1.165) is 0 Å². The minimum atomic E-state index is -2.65.